The summed E-state index contributed by atoms with van der Waals surface area (Å²) in [5, 5.41) is 8.94. The molecule has 0 bridgehead atoms. The lowest BCUT2D eigenvalue weighted by Crippen LogP contribution is -2.53. The minimum absolute atomic E-state index is 0.0336. The van der Waals surface area contributed by atoms with Crippen LogP contribution in [-0.4, -0.2) is 37.3 Å². The van der Waals surface area contributed by atoms with Crippen LogP contribution in [0.25, 0.3) is 0 Å². The SMILES string of the molecule is CC1(C)OC(=N[C@H]2CCC[C@H](O)C2)NS(=O)(=O)C1c1ccccc1. The highest BCUT2D eigenvalue weighted by atomic mass is 32.2. The maximum absolute atomic E-state index is 12.8. The molecular weight excluding hydrogens is 328 g/mol. The fourth-order valence-electron chi connectivity index (χ4n) is 3.56. The molecule has 1 aliphatic heterocycles. The van der Waals surface area contributed by atoms with Gasteiger partial charge in [0.2, 0.25) is 10.0 Å². The van der Waals surface area contributed by atoms with Gasteiger partial charge in [-0.05, 0) is 45.1 Å². The van der Waals surface area contributed by atoms with E-state index in [0.717, 1.165) is 19.3 Å². The van der Waals surface area contributed by atoms with Crippen molar-refractivity contribution in [3.05, 3.63) is 35.9 Å². The number of hydrogen-bond donors (Lipinski definition) is 2. The molecule has 2 aliphatic rings. The summed E-state index contributed by atoms with van der Waals surface area (Å²) in [6.07, 6.45) is 2.64. The van der Waals surface area contributed by atoms with Gasteiger partial charge in [-0.3, -0.25) is 0 Å². The number of hydrogen-bond acceptors (Lipinski definition) is 5. The van der Waals surface area contributed by atoms with Crippen molar-refractivity contribution in [2.24, 2.45) is 4.99 Å². The van der Waals surface area contributed by atoms with E-state index in [1.54, 1.807) is 26.0 Å². The molecule has 1 unspecified atom stereocenters. The lowest BCUT2D eigenvalue weighted by molar-refractivity contribution is 0.0741. The number of benzene rings is 1. The first-order valence-electron chi connectivity index (χ1n) is 8.29. The Bertz CT molecular complexity index is 715. The summed E-state index contributed by atoms with van der Waals surface area (Å²) in [5.74, 6) is 0. The van der Waals surface area contributed by atoms with E-state index >= 15 is 0 Å². The number of aliphatic imine (C=N–C) groups is 1. The van der Waals surface area contributed by atoms with Crippen molar-refractivity contribution < 1.29 is 18.3 Å². The second-order valence-corrected chi connectivity index (χ2v) is 8.82. The molecule has 0 spiro atoms. The number of aliphatic hydroxyl groups excluding tert-OH is 1. The minimum Gasteiger partial charge on any atom is -0.457 e. The molecular formula is C17H24N2O4S. The number of rotatable bonds is 2. The van der Waals surface area contributed by atoms with E-state index in [0.29, 0.717) is 12.0 Å². The molecule has 1 saturated heterocycles. The predicted octanol–water partition coefficient (Wildman–Crippen LogP) is 2.12. The van der Waals surface area contributed by atoms with Gasteiger partial charge in [-0.2, -0.15) is 0 Å². The molecule has 2 N–H and O–H groups in total. The summed E-state index contributed by atoms with van der Waals surface area (Å²) < 4.78 is 34.0. The lowest BCUT2D eigenvalue weighted by atomic mass is 9.93. The molecule has 24 heavy (non-hydrogen) atoms. The number of nitrogens with one attached hydrogen (secondary N) is 1. The van der Waals surface area contributed by atoms with Gasteiger partial charge in [0.1, 0.15) is 10.9 Å². The largest absolute Gasteiger partial charge is 0.457 e. The third-order valence-electron chi connectivity index (χ3n) is 4.55. The van der Waals surface area contributed by atoms with Gasteiger partial charge in [-0.15, -0.1) is 0 Å². The summed E-state index contributed by atoms with van der Waals surface area (Å²) in [6, 6.07) is 8.97. The minimum atomic E-state index is -3.67. The molecule has 1 heterocycles. The van der Waals surface area contributed by atoms with Gasteiger partial charge < -0.3 is 9.84 Å². The Morgan fingerprint density at radius 3 is 2.58 bits per heavy atom. The van der Waals surface area contributed by atoms with Crippen LogP contribution in [0, 0.1) is 0 Å². The van der Waals surface area contributed by atoms with E-state index in [9.17, 15) is 13.5 Å². The predicted molar refractivity (Wildman–Crippen MR) is 92.1 cm³/mol. The zero-order chi connectivity index (χ0) is 17.4. The van der Waals surface area contributed by atoms with Gasteiger partial charge in [0.15, 0.2) is 0 Å². The van der Waals surface area contributed by atoms with Crippen LogP contribution in [0.15, 0.2) is 35.3 Å². The molecule has 3 atom stereocenters. The van der Waals surface area contributed by atoms with E-state index in [4.69, 9.17) is 4.74 Å². The van der Waals surface area contributed by atoms with Crippen molar-refractivity contribution in [2.75, 3.05) is 0 Å². The Labute approximate surface area is 143 Å². The summed E-state index contributed by atoms with van der Waals surface area (Å²) in [7, 11) is -3.67. The molecule has 3 rings (SSSR count). The number of amidine groups is 1. The third-order valence-corrected chi connectivity index (χ3v) is 6.47. The van der Waals surface area contributed by atoms with E-state index < -0.39 is 20.9 Å². The summed E-state index contributed by atoms with van der Waals surface area (Å²) in [4.78, 5) is 4.41. The monoisotopic (exact) mass is 352 g/mol. The standard InChI is InChI=1S/C17H24N2O4S/c1-17(2)15(12-7-4-3-5-8-12)24(21,22)19-16(23-17)18-13-9-6-10-14(20)11-13/h3-5,7-8,13-15,20H,6,9-11H2,1-2H3,(H,18,19)/t13-,14-,15?/m0/s1. The topological polar surface area (TPSA) is 88.0 Å². The highest BCUT2D eigenvalue weighted by Crippen LogP contribution is 2.38. The Kier molecular flexibility index (Phi) is 4.57. The van der Waals surface area contributed by atoms with Crippen molar-refractivity contribution in [3.63, 3.8) is 0 Å². The molecule has 6 nitrogen and oxygen atoms in total. The van der Waals surface area contributed by atoms with Crippen LogP contribution in [-0.2, 0) is 14.8 Å². The fourth-order valence-corrected chi connectivity index (χ4v) is 5.33. The van der Waals surface area contributed by atoms with Gasteiger partial charge in [0.05, 0.1) is 12.1 Å². The summed E-state index contributed by atoms with van der Waals surface area (Å²) in [6.45, 7) is 3.52. The van der Waals surface area contributed by atoms with Crippen LogP contribution in [0.1, 0.15) is 50.3 Å². The first-order chi connectivity index (χ1) is 11.3. The number of sulfonamides is 1. The molecule has 0 aromatic heterocycles. The van der Waals surface area contributed by atoms with Crippen LogP contribution in [0.2, 0.25) is 0 Å². The molecule has 0 radical (unpaired) electrons. The molecule has 1 aromatic carbocycles. The fraction of sp³-hybridized carbons (Fsp3) is 0.588. The maximum Gasteiger partial charge on any atom is 0.299 e. The van der Waals surface area contributed by atoms with Crippen LogP contribution < -0.4 is 4.72 Å². The van der Waals surface area contributed by atoms with Gasteiger partial charge in [-0.25, -0.2) is 18.1 Å². The van der Waals surface area contributed by atoms with E-state index in [1.807, 2.05) is 18.2 Å². The Morgan fingerprint density at radius 2 is 1.96 bits per heavy atom. The summed E-state index contributed by atoms with van der Waals surface area (Å²) in [5.41, 5.74) is -0.264. The average Bonchev–Trinajstić information content (AvgIpc) is 2.45. The van der Waals surface area contributed by atoms with Crippen molar-refractivity contribution in [1.29, 1.82) is 0 Å². The molecule has 1 saturated carbocycles. The Morgan fingerprint density at radius 1 is 1.25 bits per heavy atom. The van der Waals surface area contributed by atoms with Crippen LogP contribution in [0.4, 0.5) is 0 Å². The zero-order valence-corrected chi connectivity index (χ0v) is 14.8. The number of nitrogens with zero attached hydrogens (tertiary/aromatic N) is 1. The highest BCUT2D eigenvalue weighted by molar-refractivity contribution is 7.90. The van der Waals surface area contributed by atoms with Crippen LogP contribution in [0.3, 0.4) is 0 Å². The van der Waals surface area contributed by atoms with E-state index in [2.05, 4.69) is 9.71 Å². The Balaban J connectivity index is 1.88. The first kappa shape index (κ1) is 17.2. The normalized spacial score (nSPS) is 33.5. The van der Waals surface area contributed by atoms with Gasteiger partial charge in [0, 0.05) is 0 Å². The molecule has 1 aromatic rings. The van der Waals surface area contributed by atoms with Gasteiger partial charge in [-0.1, -0.05) is 30.3 Å². The quantitative estimate of drug-likeness (QED) is 0.853. The van der Waals surface area contributed by atoms with Crippen molar-refractivity contribution in [3.8, 4) is 0 Å². The smallest absolute Gasteiger partial charge is 0.299 e. The van der Waals surface area contributed by atoms with Crippen molar-refractivity contribution >= 4 is 16.0 Å². The molecule has 2 fully saturated rings. The molecule has 1 aliphatic carbocycles. The highest BCUT2D eigenvalue weighted by Gasteiger charge is 2.48. The van der Waals surface area contributed by atoms with Crippen molar-refractivity contribution in [2.45, 2.75) is 62.5 Å². The molecule has 7 heteroatoms. The Hall–Kier alpha value is -1.60. The van der Waals surface area contributed by atoms with Crippen molar-refractivity contribution in [1.82, 2.24) is 4.72 Å². The maximum atomic E-state index is 12.8. The van der Waals surface area contributed by atoms with E-state index in [1.165, 1.54) is 0 Å². The van der Waals surface area contributed by atoms with Gasteiger partial charge in [0.25, 0.3) is 6.02 Å². The van der Waals surface area contributed by atoms with Gasteiger partial charge >= 0.3 is 0 Å². The lowest BCUT2D eigenvalue weighted by Gasteiger charge is -2.39. The second-order valence-electron chi connectivity index (χ2n) is 7.05. The summed E-state index contributed by atoms with van der Waals surface area (Å²) >= 11 is 0. The number of aliphatic hydroxyl groups is 1. The van der Waals surface area contributed by atoms with Crippen LogP contribution >= 0.6 is 0 Å². The molecule has 132 valence electrons. The first-order valence-corrected chi connectivity index (χ1v) is 9.84. The average molecular weight is 352 g/mol. The third kappa shape index (κ3) is 3.57. The van der Waals surface area contributed by atoms with Crippen LogP contribution in [0.5, 0.6) is 0 Å². The number of ether oxygens (including phenoxy) is 1. The molecule has 0 amide bonds. The second kappa shape index (κ2) is 6.37. The zero-order valence-electron chi connectivity index (χ0n) is 14.0. The van der Waals surface area contributed by atoms with E-state index in [-0.39, 0.29) is 18.2 Å².